The molecule has 2 aromatic carbocycles. The molecule has 33 heavy (non-hydrogen) atoms. The predicted octanol–water partition coefficient (Wildman–Crippen LogP) is 3.84. The van der Waals surface area contributed by atoms with Crippen LogP contribution >= 0.6 is 0 Å². The van der Waals surface area contributed by atoms with Crippen molar-refractivity contribution < 1.29 is 4.42 Å². The zero-order valence-corrected chi connectivity index (χ0v) is 18.3. The normalized spacial score (nSPS) is 14.5. The summed E-state index contributed by atoms with van der Waals surface area (Å²) in [5, 5.41) is 15.7. The maximum atomic E-state index is 11.8. The quantitative estimate of drug-likeness (QED) is 0.361. The van der Waals surface area contributed by atoms with Crippen LogP contribution in [0.5, 0.6) is 0 Å². The third kappa shape index (κ3) is 4.52. The number of para-hydroxylation sites is 1. The van der Waals surface area contributed by atoms with E-state index in [1.54, 1.807) is 0 Å². The number of piperazine rings is 1. The topological polar surface area (TPSA) is 85.4 Å². The third-order valence-corrected chi connectivity index (χ3v) is 6.16. The molecule has 1 aliphatic heterocycles. The molecule has 5 rings (SSSR count). The van der Waals surface area contributed by atoms with Crippen molar-refractivity contribution in [2.24, 2.45) is 0 Å². The number of anilines is 2. The van der Waals surface area contributed by atoms with E-state index < -0.39 is 0 Å². The van der Waals surface area contributed by atoms with Crippen LogP contribution in [0.4, 0.5) is 11.5 Å². The number of pyridine rings is 1. The number of benzene rings is 2. The van der Waals surface area contributed by atoms with E-state index in [-0.39, 0.29) is 5.63 Å². The zero-order chi connectivity index (χ0) is 22.6. The van der Waals surface area contributed by atoms with Gasteiger partial charge in [-0.2, -0.15) is 5.26 Å². The lowest BCUT2D eigenvalue weighted by atomic mass is 10.1. The van der Waals surface area contributed by atoms with E-state index in [0.29, 0.717) is 11.1 Å². The zero-order valence-electron chi connectivity index (χ0n) is 18.3. The van der Waals surface area contributed by atoms with Gasteiger partial charge in [0.1, 0.15) is 11.4 Å². The maximum Gasteiger partial charge on any atom is 0.338 e. The van der Waals surface area contributed by atoms with Gasteiger partial charge in [0.05, 0.1) is 17.3 Å². The summed E-state index contributed by atoms with van der Waals surface area (Å²) in [5.74, 6) is 0.959. The van der Waals surface area contributed by atoms with Crippen molar-refractivity contribution in [2.75, 3.05) is 49.5 Å². The molecular formula is C26H25N5O2. The van der Waals surface area contributed by atoms with Crippen LogP contribution in [0.1, 0.15) is 12.0 Å². The predicted molar refractivity (Wildman–Crippen MR) is 131 cm³/mol. The van der Waals surface area contributed by atoms with Gasteiger partial charge in [-0.15, -0.1) is 0 Å². The van der Waals surface area contributed by atoms with Gasteiger partial charge in [0.2, 0.25) is 0 Å². The molecule has 1 saturated heterocycles. The molecule has 4 aromatic rings. The molecule has 0 spiro atoms. The van der Waals surface area contributed by atoms with E-state index >= 15 is 0 Å². The number of hydrogen-bond donors (Lipinski definition) is 1. The highest BCUT2D eigenvalue weighted by molar-refractivity contribution is 5.93. The van der Waals surface area contributed by atoms with Crippen molar-refractivity contribution in [1.82, 2.24) is 9.88 Å². The highest BCUT2D eigenvalue weighted by atomic mass is 16.4. The first-order chi connectivity index (χ1) is 16.2. The van der Waals surface area contributed by atoms with Gasteiger partial charge in [-0.3, -0.25) is 4.90 Å². The lowest BCUT2D eigenvalue weighted by Gasteiger charge is -2.36. The minimum absolute atomic E-state index is 0.337. The Hall–Kier alpha value is -3.89. The second-order valence-corrected chi connectivity index (χ2v) is 8.27. The van der Waals surface area contributed by atoms with Crippen LogP contribution in [0.2, 0.25) is 0 Å². The van der Waals surface area contributed by atoms with E-state index in [9.17, 15) is 10.1 Å². The summed E-state index contributed by atoms with van der Waals surface area (Å²) >= 11 is 0. The average molecular weight is 440 g/mol. The molecule has 0 atom stereocenters. The van der Waals surface area contributed by atoms with Crippen molar-refractivity contribution in [1.29, 1.82) is 5.26 Å². The van der Waals surface area contributed by atoms with Gasteiger partial charge < -0.3 is 14.6 Å². The second kappa shape index (κ2) is 9.31. The van der Waals surface area contributed by atoms with Crippen LogP contribution in [0.25, 0.3) is 21.7 Å². The molecule has 1 aliphatic rings. The summed E-state index contributed by atoms with van der Waals surface area (Å²) in [6.07, 6.45) is 2.82. The molecule has 166 valence electrons. The first-order valence-electron chi connectivity index (χ1n) is 11.2. The van der Waals surface area contributed by atoms with Crippen LogP contribution < -0.4 is 15.8 Å². The Morgan fingerprint density at radius 2 is 1.88 bits per heavy atom. The Morgan fingerprint density at radius 3 is 2.73 bits per heavy atom. The number of nitriles is 1. The molecule has 0 radical (unpaired) electrons. The molecule has 0 unspecified atom stereocenters. The van der Waals surface area contributed by atoms with E-state index in [1.165, 1.54) is 6.07 Å². The van der Waals surface area contributed by atoms with Gasteiger partial charge in [0.15, 0.2) is 0 Å². The molecule has 0 saturated carbocycles. The third-order valence-electron chi connectivity index (χ3n) is 6.16. The summed E-state index contributed by atoms with van der Waals surface area (Å²) < 4.78 is 5.26. The van der Waals surface area contributed by atoms with E-state index in [0.717, 1.165) is 73.4 Å². The maximum absolute atomic E-state index is 11.8. The number of hydrogen-bond acceptors (Lipinski definition) is 7. The molecular weight excluding hydrogens is 414 g/mol. The highest BCUT2D eigenvalue weighted by Crippen LogP contribution is 2.26. The minimum atomic E-state index is -0.337. The lowest BCUT2D eigenvalue weighted by Crippen LogP contribution is -2.47. The van der Waals surface area contributed by atoms with E-state index in [1.807, 2.05) is 54.7 Å². The number of nitrogens with zero attached hydrogens (tertiary/aromatic N) is 4. The number of aromatic nitrogens is 1. The second-order valence-electron chi connectivity index (χ2n) is 8.27. The fourth-order valence-electron chi connectivity index (χ4n) is 4.44. The number of nitrogens with one attached hydrogen (secondary N) is 1. The summed E-state index contributed by atoms with van der Waals surface area (Å²) in [5.41, 5.74) is 1.75. The van der Waals surface area contributed by atoms with Gasteiger partial charge >= 0.3 is 5.63 Å². The summed E-state index contributed by atoms with van der Waals surface area (Å²) in [6, 6.07) is 19.1. The van der Waals surface area contributed by atoms with Crippen molar-refractivity contribution in [3.8, 4) is 6.07 Å². The SMILES string of the molecule is N#Cc1ccc2ccnc(N3CCN(CCCNc4cc(=O)oc5ccccc45)CC3)c2c1. The van der Waals surface area contributed by atoms with Crippen LogP contribution in [-0.2, 0) is 0 Å². The van der Waals surface area contributed by atoms with Crippen molar-refractivity contribution in [3.05, 3.63) is 76.8 Å². The standard InChI is InChI=1S/C26H25N5O2/c27-18-19-6-7-20-8-10-29-26(22(20)16-19)31-14-12-30(13-15-31)11-3-9-28-23-17-25(32)33-24-5-2-1-4-21(23)24/h1-2,4-8,10,16-17,28H,3,9,11-15H2. The molecule has 0 bridgehead atoms. The smallest absolute Gasteiger partial charge is 0.338 e. The fourth-order valence-corrected chi connectivity index (χ4v) is 4.44. The highest BCUT2D eigenvalue weighted by Gasteiger charge is 2.19. The van der Waals surface area contributed by atoms with Gasteiger partial charge in [-0.25, -0.2) is 9.78 Å². The molecule has 2 aromatic heterocycles. The first-order valence-corrected chi connectivity index (χ1v) is 11.2. The number of fused-ring (bicyclic) bond motifs is 2. The Balaban J connectivity index is 1.16. The van der Waals surface area contributed by atoms with Gasteiger partial charge in [0.25, 0.3) is 0 Å². The van der Waals surface area contributed by atoms with Gasteiger partial charge in [0, 0.05) is 55.8 Å². The van der Waals surface area contributed by atoms with Crippen LogP contribution in [0.3, 0.4) is 0 Å². The monoisotopic (exact) mass is 439 g/mol. The largest absolute Gasteiger partial charge is 0.423 e. The van der Waals surface area contributed by atoms with Gasteiger partial charge in [-0.1, -0.05) is 18.2 Å². The minimum Gasteiger partial charge on any atom is -0.423 e. The average Bonchev–Trinajstić information content (AvgIpc) is 2.86. The van der Waals surface area contributed by atoms with Crippen molar-refractivity contribution >= 4 is 33.2 Å². The summed E-state index contributed by atoms with van der Waals surface area (Å²) in [6.45, 7) is 5.51. The molecule has 3 heterocycles. The Labute approximate surface area is 191 Å². The van der Waals surface area contributed by atoms with E-state index in [4.69, 9.17) is 4.42 Å². The van der Waals surface area contributed by atoms with Crippen LogP contribution in [-0.4, -0.2) is 49.2 Å². The summed E-state index contributed by atoms with van der Waals surface area (Å²) in [4.78, 5) is 21.2. The van der Waals surface area contributed by atoms with E-state index in [2.05, 4.69) is 26.2 Å². The van der Waals surface area contributed by atoms with Gasteiger partial charge in [-0.05, 0) is 48.7 Å². The Morgan fingerprint density at radius 1 is 1.03 bits per heavy atom. The molecule has 1 fully saturated rings. The summed E-state index contributed by atoms with van der Waals surface area (Å²) in [7, 11) is 0. The fraction of sp³-hybridized carbons (Fsp3) is 0.269. The van der Waals surface area contributed by atoms with Crippen molar-refractivity contribution in [3.63, 3.8) is 0 Å². The van der Waals surface area contributed by atoms with Crippen LogP contribution in [0, 0.1) is 11.3 Å². The molecule has 0 aliphatic carbocycles. The van der Waals surface area contributed by atoms with Crippen LogP contribution in [0.15, 0.2) is 70.0 Å². The Bertz CT molecular complexity index is 1380. The molecule has 0 amide bonds. The number of rotatable bonds is 6. The molecule has 7 nitrogen and oxygen atoms in total. The Kier molecular flexibility index (Phi) is 5.92. The molecule has 7 heteroatoms. The first kappa shape index (κ1) is 21.0. The lowest BCUT2D eigenvalue weighted by molar-refractivity contribution is 0.257. The van der Waals surface area contributed by atoms with Crippen molar-refractivity contribution in [2.45, 2.75) is 6.42 Å². The molecule has 1 N–H and O–H groups in total.